The first-order chi connectivity index (χ1) is 7.58. The predicted octanol–water partition coefficient (Wildman–Crippen LogP) is 4.82. The van der Waals surface area contributed by atoms with E-state index < -0.39 is 0 Å². The minimum atomic E-state index is 1.19. The standard InChI is InChI=1S/C16H20/c1-11-5-7-15(13(3)9-11)16-8-6-12(2)10-14(16)4/h5,7,9-10H,6,8H2,1-4H3. The van der Waals surface area contributed by atoms with Gasteiger partial charge in [0, 0.05) is 0 Å². The second-order valence-corrected chi connectivity index (χ2v) is 4.97. The Kier molecular flexibility index (Phi) is 3.00. The third kappa shape index (κ3) is 2.11. The fraction of sp³-hybridized carbons (Fsp3) is 0.375. The summed E-state index contributed by atoms with van der Waals surface area (Å²) in [6.07, 6.45) is 4.73. The summed E-state index contributed by atoms with van der Waals surface area (Å²) >= 11 is 0. The van der Waals surface area contributed by atoms with Crippen LogP contribution in [-0.4, -0.2) is 0 Å². The summed E-state index contributed by atoms with van der Waals surface area (Å²) in [7, 11) is 0. The molecule has 0 fully saturated rings. The predicted molar refractivity (Wildman–Crippen MR) is 71.5 cm³/mol. The Hall–Kier alpha value is -1.30. The first-order valence-electron chi connectivity index (χ1n) is 6.02. The molecule has 2 rings (SSSR count). The summed E-state index contributed by atoms with van der Waals surface area (Å²) in [6.45, 7) is 8.83. The van der Waals surface area contributed by atoms with E-state index in [1.165, 1.54) is 46.3 Å². The lowest BCUT2D eigenvalue weighted by Gasteiger charge is -2.18. The van der Waals surface area contributed by atoms with Gasteiger partial charge in [0.15, 0.2) is 0 Å². The van der Waals surface area contributed by atoms with Gasteiger partial charge in [0.05, 0.1) is 0 Å². The van der Waals surface area contributed by atoms with E-state index in [4.69, 9.17) is 0 Å². The molecule has 0 saturated heterocycles. The van der Waals surface area contributed by atoms with Crippen LogP contribution in [0.3, 0.4) is 0 Å². The van der Waals surface area contributed by atoms with Gasteiger partial charge in [0.2, 0.25) is 0 Å². The van der Waals surface area contributed by atoms with E-state index in [-0.39, 0.29) is 0 Å². The number of rotatable bonds is 1. The zero-order valence-electron chi connectivity index (χ0n) is 10.7. The molecule has 0 aromatic heterocycles. The Morgan fingerprint density at radius 3 is 2.31 bits per heavy atom. The number of allylic oxidation sites excluding steroid dienone is 4. The molecule has 0 saturated carbocycles. The van der Waals surface area contributed by atoms with Crippen molar-refractivity contribution in [2.24, 2.45) is 0 Å². The zero-order chi connectivity index (χ0) is 11.7. The van der Waals surface area contributed by atoms with E-state index in [1.807, 2.05) is 0 Å². The van der Waals surface area contributed by atoms with Crippen LogP contribution in [0.15, 0.2) is 35.4 Å². The van der Waals surface area contributed by atoms with Crippen molar-refractivity contribution in [3.8, 4) is 0 Å². The Bertz CT molecular complexity index is 473. The third-order valence-electron chi connectivity index (χ3n) is 3.42. The highest BCUT2D eigenvalue weighted by Gasteiger charge is 2.12. The van der Waals surface area contributed by atoms with Crippen molar-refractivity contribution in [2.75, 3.05) is 0 Å². The van der Waals surface area contributed by atoms with Gasteiger partial charge < -0.3 is 0 Å². The fourth-order valence-corrected chi connectivity index (χ4v) is 2.55. The lowest BCUT2D eigenvalue weighted by atomic mass is 9.87. The van der Waals surface area contributed by atoms with Crippen LogP contribution in [0.2, 0.25) is 0 Å². The number of hydrogen-bond donors (Lipinski definition) is 0. The highest BCUT2D eigenvalue weighted by atomic mass is 14.2. The molecule has 1 aliphatic rings. The van der Waals surface area contributed by atoms with Crippen molar-refractivity contribution in [3.63, 3.8) is 0 Å². The normalized spacial score (nSPS) is 16.4. The molecule has 16 heavy (non-hydrogen) atoms. The third-order valence-corrected chi connectivity index (χ3v) is 3.42. The highest BCUT2D eigenvalue weighted by molar-refractivity contribution is 5.74. The molecule has 0 amide bonds. The minimum absolute atomic E-state index is 1.19. The highest BCUT2D eigenvalue weighted by Crippen LogP contribution is 2.32. The first-order valence-corrected chi connectivity index (χ1v) is 6.02. The molecule has 0 atom stereocenters. The molecule has 1 aliphatic carbocycles. The molecule has 0 N–H and O–H groups in total. The first kappa shape index (κ1) is 11.2. The number of aryl methyl sites for hydroxylation is 2. The van der Waals surface area contributed by atoms with Gasteiger partial charge in [-0.05, 0) is 62.8 Å². The maximum Gasteiger partial charge on any atom is -0.0192 e. The molecule has 0 heteroatoms. The van der Waals surface area contributed by atoms with Gasteiger partial charge in [-0.25, -0.2) is 0 Å². The van der Waals surface area contributed by atoms with E-state index >= 15 is 0 Å². The summed E-state index contributed by atoms with van der Waals surface area (Å²) in [4.78, 5) is 0. The molecule has 1 aromatic carbocycles. The minimum Gasteiger partial charge on any atom is -0.0727 e. The van der Waals surface area contributed by atoms with Gasteiger partial charge >= 0.3 is 0 Å². The summed E-state index contributed by atoms with van der Waals surface area (Å²) < 4.78 is 0. The van der Waals surface area contributed by atoms with Crippen molar-refractivity contribution in [3.05, 3.63) is 52.1 Å². The molecular weight excluding hydrogens is 192 g/mol. The SMILES string of the molecule is CC1=CC(C)=C(c2ccc(C)cc2C)CC1. The molecule has 84 valence electrons. The monoisotopic (exact) mass is 212 g/mol. The molecule has 0 unspecified atom stereocenters. The Labute approximate surface area is 98.7 Å². The second kappa shape index (κ2) is 4.29. The maximum absolute atomic E-state index is 2.33. The summed E-state index contributed by atoms with van der Waals surface area (Å²) in [6, 6.07) is 6.77. The second-order valence-electron chi connectivity index (χ2n) is 4.97. The molecular formula is C16H20. The van der Waals surface area contributed by atoms with Crippen molar-refractivity contribution in [2.45, 2.75) is 40.5 Å². The molecule has 0 heterocycles. The quantitative estimate of drug-likeness (QED) is 0.626. The van der Waals surface area contributed by atoms with Crippen molar-refractivity contribution < 1.29 is 0 Å². The van der Waals surface area contributed by atoms with E-state index in [2.05, 4.69) is 52.0 Å². The van der Waals surface area contributed by atoms with Crippen LogP contribution in [-0.2, 0) is 0 Å². The Morgan fingerprint density at radius 1 is 0.938 bits per heavy atom. The van der Waals surface area contributed by atoms with E-state index in [9.17, 15) is 0 Å². The molecule has 0 spiro atoms. The van der Waals surface area contributed by atoms with E-state index in [0.717, 1.165) is 0 Å². The van der Waals surface area contributed by atoms with Crippen LogP contribution < -0.4 is 0 Å². The topological polar surface area (TPSA) is 0 Å². The molecule has 0 radical (unpaired) electrons. The van der Waals surface area contributed by atoms with Crippen LogP contribution in [0, 0.1) is 13.8 Å². The van der Waals surface area contributed by atoms with Crippen LogP contribution in [0.25, 0.3) is 5.57 Å². The van der Waals surface area contributed by atoms with Gasteiger partial charge in [-0.3, -0.25) is 0 Å². The average molecular weight is 212 g/mol. The van der Waals surface area contributed by atoms with Crippen LogP contribution >= 0.6 is 0 Å². The van der Waals surface area contributed by atoms with Crippen molar-refractivity contribution in [1.29, 1.82) is 0 Å². The Balaban J connectivity index is 2.49. The van der Waals surface area contributed by atoms with Gasteiger partial charge in [-0.2, -0.15) is 0 Å². The maximum atomic E-state index is 2.33. The lowest BCUT2D eigenvalue weighted by Crippen LogP contribution is -1.98. The van der Waals surface area contributed by atoms with Gasteiger partial charge in [0.1, 0.15) is 0 Å². The van der Waals surface area contributed by atoms with Gasteiger partial charge in [0.25, 0.3) is 0 Å². The largest absolute Gasteiger partial charge is 0.0727 e. The van der Waals surface area contributed by atoms with Gasteiger partial charge in [-0.1, -0.05) is 35.4 Å². The lowest BCUT2D eigenvalue weighted by molar-refractivity contribution is 0.960. The summed E-state index contributed by atoms with van der Waals surface area (Å²) in [5, 5.41) is 0. The van der Waals surface area contributed by atoms with Crippen LogP contribution in [0.1, 0.15) is 43.4 Å². The summed E-state index contributed by atoms with van der Waals surface area (Å²) in [5.74, 6) is 0. The smallest absolute Gasteiger partial charge is 0.0192 e. The molecule has 0 nitrogen and oxygen atoms in total. The molecule has 0 bridgehead atoms. The Morgan fingerprint density at radius 2 is 1.69 bits per heavy atom. The fourth-order valence-electron chi connectivity index (χ4n) is 2.55. The average Bonchev–Trinajstić information content (AvgIpc) is 2.19. The van der Waals surface area contributed by atoms with E-state index in [0.29, 0.717) is 0 Å². The van der Waals surface area contributed by atoms with Crippen molar-refractivity contribution in [1.82, 2.24) is 0 Å². The van der Waals surface area contributed by atoms with Crippen LogP contribution in [0.4, 0.5) is 0 Å². The number of hydrogen-bond acceptors (Lipinski definition) is 0. The van der Waals surface area contributed by atoms with Gasteiger partial charge in [-0.15, -0.1) is 0 Å². The zero-order valence-corrected chi connectivity index (χ0v) is 10.7. The molecule has 1 aromatic rings. The van der Waals surface area contributed by atoms with E-state index in [1.54, 1.807) is 0 Å². The van der Waals surface area contributed by atoms with Crippen molar-refractivity contribution >= 4 is 5.57 Å². The van der Waals surface area contributed by atoms with Crippen LogP contribution in [0.5, 0.6) is 0 Å². The molecule has 0 aliphatic heterocycles. The summed E-state index contributed by atoms with van der Waals surface area (Å²) in [5.41, 5.74) is 8.67. The number of benzene rings is 1.